The number of hydrogen-bond donors (Lipinski definition) is 1. The minimum absolute atomic E-state index is 0.0660. The Morgan fingerprint density at radius 3 is 2.33 bits per heavy atom. The molecule has 1 rings (SSSR count). The van der Waals surface area contributed by atoms with Crippen LogP contribution in [0, 0.1) is 0 Å². The Labute approximate surface area is 156 Å². The zero-order valence-electron chi connectivity index (χ0n) is 15.6. The number of ether oxygens (including phenoxy) is 2. The summed E-state index contributed by atoms with van der Waals surface area (Å²) in [5.41, 5.74) is -0.711. The molecule has 1 saturated heterocycles. The Kier molecular flexibility index (Phi) is 7.95. The normalized spacial score (nSPS) is 15.1. The van der Waals surface area contributed by atoms with E-state index in [1.54, 1.807) is 20.8 Å². The van der Waals surface area contributed by atoms with Crippen molar-refractivity contribution in [2.45, 2.75) is 58.1 Å². The number of nitrogens with zero attached hydrogens (tertiary/aromatic N) is 1. The summed E-state index contributed by atoms with van der Waals surface area (Å²) in [4.78, 5) is 63.7. The Balaban J connectivity index is 2.73. The zero-order valence-corrected chi connectivity index (χ0v) is 15.6. The smallest absolute Gasteiger partial charge is 0.408 e. The van der Waals surface area contributed by atoms with E-state index in [9.17, 15) is 24.0 Å². The SMILES string of the molecule is C=CCOC(=O)N[C@H](CCC(=O)OC(C)(C)C)C(=O)ON1C(=O)CCC1=O. The summed E-state index contributed by atoms with van der Waals surface area (Å²) in [6.45, 7) is 8.35. The average molecular weight is 384 g/mol. The van der Waals surface area contributed by atoms with Gasteiger partial charge in [0, 0.05) is 19.3 Å². The second-order valence-electron chi connectivity index (χ2n) is 6.70. The number of amides is 3. The lowest BCUT2D eigenvalue weighted by atomic mass is 10.1. The first-order chi connectivity index (χ1) is 12.5. The molecule has 1 heterocycles. The van der Waals surface area contributed by atoms with Gasteiger partial charge in [-0.2, -0.15) is 0 Å². The van der Waals surface area contributed by atoms with Crippen molar-refractivity contribution in [3.63, 3.8) is 0 Å². The van der Waals surface area contributed by atoms with E-state index in [1.807, 2.05) is 0 Å². The summed E-state index contributed by atoms with van der Waals surface area (Å²) in [7, 11) is 0. The number of nitrogens with one attached hydrogen (secondary N) is 1. The molecule has 0 spiro atoms. The van der Waals surface area contributed by atoms with Crippen LogP contribution in [0.4, 0.5) is 4.79 Å². The third kappa shape index (κ3) is 7.89. The van der Waals surface area contributed by atoms with Crippen molar-refractivity contribution in [2.24, 2.45) is 0 Å². The van der Waals surface area contributed by atoms with E-state index < -0.39 is 41.5 Å². The van der Waals surface area contributed by atoms with E-state index in [1.165, 1.54) is 6.08 Å². The standard InChI is InChI=1S/C17H24N2O8/c1-5-10-25-16(24)18-11(6-9-14(22)26-17(2,3)4)15(23)27-19-12(20)7-8-13(19)21/h5,11H,1,6-10H2,2-4H3,(H,18,24)/t11-/m1/s1. The monoisotopic (exact) mass is 384 g/mol. The molecule has 10 heteroatoms. The number of alkyl carbamates (subject to hydrolysis) is 1. The minimum atomic E-state index is -1.32. The summed E-state index contributed by atoms with van der Waals surface area (Å²) < 4.78 is 9.87. The lowest BCUT2D eigenvalue weighted by Gasteiger charge is -2.22. The van der Waals surface area contributed by atoms with Gasteiger partial charge in [-0.05, 0) is 27.2 Å². The average Bonchev–Trinajstić information content (AvgIpc) is 2.86. The molecule has 1 N–H and O–H groups in total. The van der Waals surface area contributed by atoms with Crippen LogP contribution in [0.5, 0.6) is 0 Å². The number of carbonyl (C=O) groups is 5. The van der Waals surface area contributed by atoms with Crippen LogP contribution in [0.2, 0.25) is 0 Å². The Hall–Kier alpha value is -2.91. The fourth-order valence-electron chi connectivity index (χ4n) is 2.03. The highest BCUT2D eigenvalue weighted by molar-refractivity contribution is 6.01. The topological polar surface area (TPSA) is 128 Å². The molecule has 0 aliphatic carbocycles. The zero-order chi connectivity index (χ0) is 20.6. The van der Waals surface area contributed by atoms with Crippen molar-refractivity contribution < 1.29 is 38.3 Å². The van der Waals surface area contributed by atoms with Gasteiger partial charge in [0.2, 0.25) is 0 Å². The van der Waals surface area contributed by atoms with E-state index in [2.05, 4.69) is 11.9 Å². The molecule has 150 valence electrons. The van der Waals surface area contributed by atoms with Gasteiger partial charge in [0.05, 0.1) is 0 Å². The van der Waals surface area contributed by atoms with Crippen molar-refractivity contribution in [2.75, 3.05) is 6.61 Å². The highest BCUT2D eigenvalue weighted by atomic mass is 16.7. The van der Waals surface area contributed by atoms with Gasteiger partial charge in [-0.25, -0.2) is 9.59 Å². The van der Waals surface area contributed by atoms with Crippen LogP contribution in [0.1, 0.15) is 46.5 Å². The van der Waals surface area contributed by atoms with Gasteiger partial charge >= 0.3 is 18.0 Å². The van der Waals surface area contributed by atoms with Gasteiger partial charge in [0.15, 0.2) is 0 Å². The highest BCUT2D eigenvalue weighted by Gasteiger charge is 2.35. The molecule has 0 unspecified atom stereocenters. The van der Waals surface area contributed by atoms with Crippen LogP contribution in [0.3, 0.4) is 0 Å². The van der Waals surface area contributed by atoms with Crippen molar-refractivity contribution in [1.29, 1.82) is 0 Å². The molecular weight excluding hydrogens is 360 g/mol. The maximum absolute atomic E-state index is 12.3. The Morgan fingerprint density at radius 1 is 1.22 bits per heavy atom. The molecule has 3 amide bonds. The fourth-order valence-corrected chi connectivity index (χ4v) is 2.03. The molecule has 0 aromatic heterocycles. The van der Waals surface area contributed by atoms with Crippen molar-refractivity contribution in [3.05, 3.63) is 12.7 Å². The van der Waals surface area contributed by atoms with Gasteiger partial charge in [0.1, 0.15) is 18.2 Å². The van der Waals surface area contributed by atoms with Gasteiger partial charge in [-0.15, -0.1) is 5.06 Å². The largest absolute Gasteiger partial charge is 0.460 e. The van der Waals surface area contributed by atoms with Crippen LogP contribution in [-0.4, -0.2) is 53.2 Å². The molecule has 10 nitrogen and oxygen atoms in total. The molecule has 0 saturated carbocycles. The number of carbonyl (C=O) groups excluding carboxylic acids is 5. The van der Waals surface area contributed by atoms with E-state index in [4.69, 9.17) is 14.3 Å². The van der Waals surface area contributed by atoms with E-state index in [-0.39, 0.29) is 32.3 Å². The molecule has 0 bridgehead atoms. The number of esters is 1. The van der Waals surface area contributed by atoms with Crippen LogP contribution < -0.4 is 5.32 Å². The maximum Gasteiger partial charge on any atom is 0.408 e. The van der Waals surface area contributed by atoms with Crippen LogP contribution in [0.25, 0.3) is 0 Å². The summed E-state index contributed by atoms with van der Waals surface area (Å²) in [6, 6.07) is -1.32. The first-order valence-corrected chi connectivity index (χ1v) is 8.37. The third-order valence-corrected chi connectivity index (χ3v) is 3.15. The highest BCUT2D eigenvalue weighted by Crippen LogP contribution is 2.15. The first kappa shape index (κ1) is 22.1. The molecule has 0 aromatic rings. The second kappa shape index (κ2) is 9.70. The van der Waals surface area contributed by atoms with E-state index in [0.717, 1.165) is 0 Å². The molecule has 1 aliphatic rings. The maximum atomic E-state index is 12.3. The predicted molar refractivity (Wildman–Crippen MR) is 90.7 cm³/mol. The van der Waals surface area contributed by atoms with Crippen molar-refractivity contribution in [1.82, 2.24) is 10.4 Å². The third-order valence-electron chi connectivity index (χ3n) is 3.15. The van der Waals surface area contributed by atoms with Gasteiger partial charge in [-0.1, -0.05) is 12.7 Å². The summed E-state index contributed by atoms with van der Waals surface area (Å²) in [5.74, 6) is -2.98. The fraction of sp³-hybridized carbons (Fsp3) is 0.588. The minimum Gasteiger partial charge on any atom is -0.460 e. The summed E-state index contributed by atoms with van der Waals surface area (Å²) >= 11 is 0. The lowest BCUT2D eigenvalue weighted by molar-refractivity contribution is -0.199. The Bertz CT molecular complexity index is 607. The first-order valence-electron chi connectivity index (χ1n) is 8.37. The molecule has 1 fully saturated rings. The van der Waals surface area contributed by atoms with E-state index in [0.29, 0.717) is 5.06 Å². The molecule has 27 heavy (non-hydrogen) atoms. The molecular formula is C17H24N2O8. The molecule has 0 aromatic carbocycles. The molecule has 1 atom stereocenters. The molecule has 1 aliphatic heterocycles. The van der Waals surface area contributed by atoms with Gasteiger partial charge in [-0.3, -0.25) is 14.4 Å². The number of hydrogen-bond acceptors (Lipinski definition) is 8. The van der Waals surface area contributed by atoms with E-state index >= 15 is 0 Å². The van der Waals surface area contributed by atoms with Crippen LogP contribution >= 0.6 is 0 Å². The summed E-state index contributed by atoms with van der Waals surface area (Å²) in [5, 5.41) is 2.59. The van der Waals surface area contributed by atoms with Crippen molar-refractivity contribution >= 4 is 29.8 Å². The second-order valence-corrected chi connectivity index (χ2v) is 6.70. The van der Waals surface area contributed by atoms with Gasteiger partial charge in [0.25, 0.3) is 11.8 Å². The van der Waals surface area contributed by atoms with Crippen LogP contribution in [-0.2, 0) is 33.5 Å². The number of imide groups is 1. The van der Waals surface area contributed by atoms with Crippen molar-refractivity contribution in [3.8, 4) is 0 Å². The quantitative estimate of drug-likeness (QED) is 0.373. The van der Waals surface area contributed by atoms with Crippen LogP contribution in [0.15, 0.2) is 12.7 Å². The predicted octanol–water partition coefficient (Wildman–Crippen LogP) is 0.996. The summed E-state index contributed by atoms with van der Waals surface area (Å²) in [6.07, 6.45) is -0.129. The van der Waals surface area contributed by atoms with Gasteiger partial charge < -0.3 is 19.6 Å². The lowest BCUT2D eigenvalue weighted by Crippen LogP contribution is -2.46. The Morgan fingerprint density at radius 2 is 1.81 bits per heavy atom. The molecule has 0 radical (unpaired) electrons. The number of rotatable bonds is 8. The number of hydroxylamine groups is 2.